The molecule has 1 rings (SSSR count). The van der Waals surface area contributed by atoms with Crippen LogP contribution in [0.3, 0.4) is 0 Å². The van der Waals surface area contributed by atoms with Crippen molar-refractivity contribution >= 4 is 0 Å². The maximum absolute atomic E-state index is 3.33. The molecule has 0 spiro atoms. The van der Waals surface area contributed by atoms with Crippen molar-refractivity contribution in [2.45, 2.75) is 39.2 Å². The van der Waals surface area contributed by atoms with Crippen molar-refractivity contribution in [3.63, 3.8) is 0 Å². The number of hydrogen-bond acceptors (Lipinski definition) is 1. The van der Waals surface area contributed by atoms with E-state index in [1.807, 2.05) is 0 Å². The minimum absolute atomic E-state index is 0.583. The van der Waals surface area contributed by atoms with Crippen molar-refractivity contribution in [1.29, 1.82) is 0 Å². The minimum atomic E-state index is 0.583. The highest BCUT2D eigenvalue weighted by atomic mass is 14.9. The molecule has 0 saturated heterocycles. The fourth-order valence-electron chi connectivity index (χ4n) is 1.31. The molecule has 0 fully saturated rings. The van der Waals surface area contributed by atoms with Crippen molar-refractivity contribution in [2.24, 2.45) is 0 Å². The molecule has 62 valence electrons. The maximum Gasteiger partial charge on any atom is 0.0444 e. The molecule has 1 nitrogen and oxygen atoms in total. The molecule has 1 heterocycles. The Morgan fingerprint density at radius 2 is 2.36 bits per heavy atom. The van der Waals surface area contributed by atoms with Crippen LogP contribution in [0.2, 0.25) is 0 Å². The van der Waals surface area contributed by atoms with Crippen LogP contribution in [-0.2, 0) is 0 Å². The summed E-state index contributed by atoms with van der Waals surface area (Å²) < 4.78 is 0. The fourth-order valence-corrected chi connectivity index (χ4v) is 1.31. The van der Waals surface area contributed by atoms with Gasteiger partial charge in [-0.1, -0.05) is 31.4 Å². The maximum atomic E-state index is 3.33. The zero-order chi connectivity index (χ0) is 8.10. The summed E-state index contributed by atoms with van der Waals surface area (Å²) in [7, 11) is 0. The summed E-state index contributed by atoms with van der Waals surface area (Å²) in [5.74, 6) is 0. The minimum Gasteiger partial charge on any atom is -0.385 e. The van der Waals surface area contributed by atoms with Gasteiger partial charge in [0.25, 0.3) is 0 Å². The normalized spacial score (nSPS) is 22.7. The quantitative estimate of drug-likeness (QED) is 0.653. The number of hydrogen-bond donors (Lipinski definition) is 1. The summed E-state index contributed by atoms with van der Waals surface area (Å²) in [6.07, 6.45) is 10.3. The zero-order valence-corrected chi connectivity index (χ0v) is 7.43. The third-order valence-electron chi connectivity index (χ3n) is 1.99. The summed E-state index contributed by atoms with van der Waals surface area (Å²) in [5, 5.41) is 3.33. The lowest BCUT2D eigenvalue weighted by Crippen LogP contribution is -2.24. The van der Waals surface area contributed by atoms with Gasteiger partial charge in [0.1, 0.15) is 0 Å². The van der Waals surface area contributed by atoms with Crippen LogP contribution >= 0.6 is 0 Å². The van der Waals surface area contributed by atoms with Crippen LogP contribution in [-0.4, -0.2) is 6.04 Å². The molecule has 0 unspecified atom stereocenters. The summed E-state index contributed by atoms with van der Waals surface area (Å²) in [5.41, 5.74) is 1.38. The molecule has 0 aromatic carbocycles. The number of allylic oxidation sites excluding steroid dienone is 2. The molecular formula is C10H17N. The van der Waals surface area contributed by atoms with E-state index in [-0.39, 0.29) is 0 Å². The predicted octanol–water partition coefficient (Wildman–Crippen LogP) is 2.61. The van der Waals surface area contributed by atoms with Gasteiger partial charge in [0.05, 0.1) is 0 Å². The van der Waals surface area contributed by atoms with E-state index in [4.69, 9.17) is 0 Å². The molecule has 11 heavy (non-hydrogen) atoms. The topological polar surface area (TPSA) is 12.0 Å². The van der Waals surface area contributed by atoms with Gasteiger partial charge in [-0.25, -0.2) is 0 Å². The second kappa shape index (κ2) is 4.22. The monoisotopic (exact) mass is 151 g/mol. The SMILES string of the molecule is CCCC[C@@H]1C=C(C)C=CN1. The lowest BCUT2D eigenvalue weighted by Gasteiger charge is -2.16. The van der Waals surface area contributed by atoms with E-state index in [0.717, 1.165) is 0 Å². The average molecular weight is 151 g/mol. The van der Waals surface area contributed by atoms with Crippen LogP contribution in [0.4, 0.5) is 0 Å². The van der Waals surface area contributed by atoms with Gasteiger partial charge >= 0.3 is 0 Å². The highest BCUT2D eigenvalue weighted by Gasteiger charge is 2.04. The molecule has 1 atom stereocenters. The molecule has 0 aliphatic carbocycles. The molecule has 0 saturated carbocycles. The van der Waals surface area contributed by atoms with Gasteiger partial charge in [-0.05, 0) is 25.6 Å². The molecule has 1 aliphatic rings. The zero-order valence-electron chi connectivity index (χ0n) is 7.43. The first-order valence-corrected chi connectivity index (χ1v) is 4.44. The van der Waals surface area contributed by atoms with Crippen molar-refractivity contribution in [2.75, 3.05) is 0 Å². The number of unbranched alkanes of at least 4 members (excludes halogenated alkanes) is 1. The van der Waals surface area contributed by atoms with Gasteiger partial charge in [0.15, 0.2) is 0 Å². The predicted molar refractivity (Wildman–Crippen MR) is 49.3 cm³/mol. The van der Waals surface area contributed by atoms with Crippen LogP contribution in [0.25, 0.3) is 0 Å². The molecule has 1 N–H and O–H groups in total. The largest absolute Gasteiger partial charge is 0.385 e. The second-order valence-electron chi connectivity index (χ2n) is 3.16. The number of nitrogens with one attached hydrogen (secondary N) is 1. The highest BCUT2D eigenvalue weighted by molar-refractivity contribution is 5.22. The van der Waals surface area contributed by atoms with Crippen LogP contribution < -0.4 is 5.32 Å². The van der Waals surface area contributed by atoms with Gasteiger partial charge in [-0.2, -0.15) is 0 Å². The first-order valence-electron chi connectivity index (χ1n) is 4.44. The number of dihydropyridines is 1. The lowest BCUT2D eigenvalue weighted by atomic mass is 10.1. The number of rotatable bonds is 3. The summed E-state index contributed by atoms with van der Waals surface area (Å²) in [4.78, 5) is 0. The van der Waals surface area contributed by atoms with Crippen LogP contribution in [0.15, 0.2) is 23.9 Å². The fraction of sp³-hybridized carbons (Fsp3) is 0.600. The molecule has 0 aromatic heterocycles. The summed E-state index contributed by atoms with van der Waals surface area (Å²) in [6.45, 7) is 4.38. The Labute approximate surface area is 69.2 Å². The van der Waals surface area contributed by atoms with Crippen LogP contribution in [0, 0.1) is 0 Å². The molecule has 1 heteroatoms. The van der Waals surface area contributed by atoms with Gasteiger partial charge in [-0.3, -0.25) is 0 Å². The van der Waals surface area contributed by atoms with E-state index in [9.17, 15) is 0 Å². The Balaban J connectivity index is 2.31. The Hall–Kier alpha value is -0.720. The van der Waals surface area contributed by atoms with Gasteiger partial charge < -0.3 is 5.32 Å². The molecular weight excluding hydrogens is 134 g/mol. The highest BCUT2D eigenvalue weighted by Crippen LogP contribution is 2.09. The first kappa shape index (κ1) is 8.38. The van der Waals surface area contributed by atoms with Gasteiger partial charge in [0, 0.05) is 6.04 Å². The first-order chi connectivity index (χ1) is 5.33. The van der Waals surface area contributed by atoms with Gasteiger partial charge in [-0.15, -0.1) is 0 Å². The van der Waals surface area contributed by atoms with Crippen LogP contribution in [0.5, 0.6) is 0 Å². The molecule has 0 aromatic rings. The Morgan fingerprint density at radius 1 is 1.55 bits per heavy atom. The third kappa shape index (κ3) is 2.79. The Bertz CT molecular complexity index is 168. The van der Waals surface area contributed by atoms with Crippen LogP contribution in [0.1, 0.15) is 33.1 Å². The van der Waals surface area contributed by atoms with E-state index < -0.39 is 0 Å². The lowest BCUT2D eigenvalue weighted by molar-refractivity contribution is 0.590. The smallest absolute Gasteiger partial charge is 0.0444 e. The Morgan fingerprint density at radius 3 is 3.00 bits per heavy atom. The van der Waals surface area contributed by atoms with Crippen molar-refractivity contribution in [1.82, 2.24) is 5.32 Å². The third-order valence-corrected chi connectivity index (χ3v) is 1.99. The van der Waals surface area contributed by atoms with Crippen molar-refractivity contribution in [3.8, 4) is 0 Å². The second-order valence-corrected chi connectivity index (χ2v) is 3.16. The van der Waals surface area contributed by atoms with E-state index in [0.29, 0.717) is 6.04 Å². The van der Waals surface area contributed by atoms with Crippen molar-refractivity contribution < 1.29 is 0 Å². The molecule has 1 aliphatic heterocycles. The van der Waals surface area contributed by atoms with E-state index >= 15 is 0 Å². The van der Waals surface area contributed by atoms with E-state index in [1.165, 1.54) is 24.8 Å². The van der Waals surface area contributed by atoms with E-state index in [1.54, 1.807) is 0 Å². The Kier molecular flexibility index (Phi) is 3.21. The average Bonchev–Trinajstić information content (AvgIpc) is 2.01. The molecule has 0 radical (unpaired) electrons. The van der Waals surface area contributed by atoms with E-state index in [2.05, 4.69) is 37.5 Å². The van der Waals surface area contributed by atoms with Crippen molar-refractivity contribution in [3.05, 3.63) is 23.9 Å². The molecule has 0 amide bonds. The summed E-state index contributed by atoms with van der Waals surface area (Å²) in [6, 6.07) is 0.583. The molecule has 0 bridgehead atoms. The summed E-state index contributed by atoms with van der Waals surface area (Å²) >= 11 is 0. The van der Waals surface area contributed by atoms with Gasteiger partial charge in [0.2, 0.25) is 0 Å². The standard InChI is InChI=1S/C10H17N/c1-3-4-5-10-8-9(2)6-7-11-10/h6-8,10-11H,3-5H2,1-2H3/t10-/m1/s1.